The van der Waals surface area contributed by atoms with Crippen LogP contribution in [0.1, 0.15) is 61.0 Å². The third kappa shape index (κ3) is 2.55. The minimum Gasteiger partial charge on any atom is -0.468 e. The summed E-state index contributed by atoms with van der Waals surface area (Å²) in [6.07, 6.45) is 3.09. The second-order valence-corrected chi connectivity index (χ2v) is 6.44. The van der Waals surface area contributed by atoms with E-state index in [0.29, 0.717) is 41.8 Å². The van der Waals surface area contributed by atoms with Gasteiger partial charge in [-0.3, -0.25) is 9.59 Å². The molecule has 0 saturated heterocycles. The lowest BCUT2D eigenvalue weighted by Crippen LogP contribution is -2.37. The first-order chi connectivity index (χ1) is 10.4. The summed E-state index contributed by atoms with van der Waals surface area (Å²) in [5.74, 6) is -0.289. The van der Waals surface area contributed by atoms with Crippen molar-refractivity contribution in [3.05, 3.63) is 32.8 Å². The van der Waals surface area contributed by atoms with Gasteiger partial charge in [0.25, 0.3) is 0 Å². The predicted molar refractivity (Wildman–Crippen MR) is 88.0 cm³/mol. The summed E-state index contributed by atoms with van der Waals surface area (Å²) >= 11 is 12.8. The topological polar surface area (TPSA) is 43.4 Å². The number of hydrogen-bond acceptors (Lipinski definition) is 3. The molecular weight excluding hydrogens is 323 g/mol. The maximum atomic E-state index is 12.5. The fraction of sp³-hybridized carbons (Fsp3) is 0.529. The number of ether oxygens (including phenoxy) is 1. The molecule has 1 aliphatic rings. The Balaban J connectivity index is 2.71. The maximum absolute atomic E-state index is 12.5. The molecule has 0 bridgehead atoms. The number of esters is 1. The van der Waals surface area contributed by atoms with Gasteiger partial charge in [0.15, 0.2) is 5.78 Å². The van der Waals surface area contributed by atoms with E-state index in [-0.39, 0.29) is 16.8 Å². The van der Waals surface area contributed by atoms with Crippen LogP contribution in [-0.2, 0) is 21.4 Å². The molecule has 0 N–H and O–H groups in total. The van der Waals surface area contributed by atoms with Crippen molar-refractivity contribution in [2.45, 2.75) is 51.4 Å². The molecule has 0 heterocycles. The molecule has 1 aromatic carbocycles. The van der Waals surface area contributed by atoms with Crippen LogP contribution in [0, 0.1) is 0 Å². The van der Waals surface area contributed by atoms with E-state index in [4.69, 9.17) is 27.9 Å². The lowest BCUT2D eigenvalue weighted by Gasteiger charge is -2.32. The number of Topliss-reactive ketones (excluding diaryl/α,β-unsaturated/α-hetero) is 1. The average molecular weight is 343 g/mol. The number of methoxy groups -OCH3 is 1. The Morgan fingerprint density at radius 3 is 2.50 bits per heavy atom. The molecule has 1 atom stereocenters. The Labute approximate surface area is 140 Å². The molecule has 120 valence electrons. The fourth-order valence-electron chi connectivity index (χ4n) is 3.38. The zero-order valence-corrected chi connectivity index (χ0v) is 14.6. The van der Waals surface area contributed by atoms with Gasteiger partial charge in [-0.25, -0.2) is 0 Å². The molecule has 0 amide bonds. The van der Waals surface area contributed by atoms with E-state index in [1.807, 2.05) is 19.9 Å². The molecule has 5 heteroatoms. The van der Waals surface area contributed by atoms with E-state index in [1.54, 1.807) is 0 Å². The average Bonchev–Trinajstić information content (AvgIpc) is 2.89. The third-order valence-electron chi connectivity index (χ3n) is 4.56. The summed E-state index contributed by atoms with van der Waals surface area (Å²) in [5, 5.41) is 0.575. The van der Waals surface area contributed by atoms with Gasteiger partial charge in [0, 0.05) is 12.0 Å². The first-order valence-electron chi connectivity index (χ1n) is 7.55. The highest BCUT2D eigenvalue weighted by atomic mass is 35.5. The highest BCUT2D eigenvalue weighted by molar-refractivity contribution is 6.45. The Morgan fingerprint density at radius 1 is 1.27 bits per heavy atom. The number of fused-ring (bicyclic) bond motifs is 1. The van der Waals surface area contributed by atoms with Crippen LogP contribution in [0.5, 0.6) is 0 Å². The summed E-state index contributed by atoms with van der Waals surface area (Å²) in [4.78, 5) is 24.4. The molecular formula is C17H20Cl2O3. The van der Waals surface area contributed by atoms with Gasteiger partial charge < -0.3 is 4.74 Å². The van der Waals surface area contributed by atoms with Gasteiger partial charge >= 0.3 is 5.97 Å². The molecule has 0 saturated carbocycles. The summed E-state index contributed by atoms with van der Waals surface area (Å²) in [5.41, 5.74) is 1.27. The van der Waals surface area contributed by atoms with Crippen molar-refractivity contribution in [2.75, 3.05) is 7.11 Å². The number of hydrogen-bond donors (Lipinski definition) is 0. The van der Waals surface area contributed by atoms with Gasteiger partial charge in [-0.1, -0.05) is 49.5 Å². The van der Waals surface area contributed by atoms with Crippen molar-refractivity contribution in [1.82, 2.24) is 0 Å². The van der Waals surface area contributed by atoms with E-state index in [0.717, 1.165) is 12.0 Å². The minimum atomic E-state index is -0.815. The second-order valence-electron chi connectivity index (χ2n) is 5.69. The normalized spacial score (nSPS) is 16.3. The van der Waals surface area contributed by atoms with Crippen molar-refractivity contribution >= 4 is 35.0 Å². The predicted octanol–water partition coefficient (Wildman–Crippen LogP) is 4.74. The molecule has 2 rings (SSSR count). The summed E-state index contributed by atoms with van der Waals surface area (Å²) < 4.78 is 5.04. The molecule has 1 aromatic rings. The van der Waals surface area contributed by atoms with Gasteiger partial charge in [0.2, 0.25) is 0 Å². The Hall–Kier alpha value is -1.06. The van der Waals surface area contributed by atoms with Crippen LogP contribution in [0.25, 0.3) is 0 Å². The third-order valence-corrected chi connectivity index (χ3v) is 5.43. The largest absolute Gasteiger partial charge is 0.468 e. The van der Waals surface area contributed by atoms with Crippen molar-refractivity contribution in [2.24, 2.45) is 0 Å². The van der Waals surface area contributed by atoms with Crippen molar-refractivity contribution in [3.63, 3.8) is 0 Å². The standard InChI is InChI=1S/C17H20Cl2O3/c1-4-8-17(5-2,16(21)22-3)11-9-10-6-7-12(20)13(10)15(19)14(11)18/h9H,4-8H2,1-3H3. The molecule has 0 aromatic heterocycles. The minimum absolute atomic E-state index is 0.0177. The maximum Gasteiger partial charge on any atom is 0.316 e. The first-order valence-corrected chi connectivity index (χ1v) is 8.31. The van der Waals surface area contributed by atoms with E-state index < -0.39 is 5.41 Å². The van der Waals surface area contributed by atoms with Crippen LogP contribution >= 0.6 is 23.2 Å². The van der Waals surface area contributed by atoms with E-state index >= 15 is 0 Å². The molecule has 22 heavy (non-hydrogen) atoms. The molecule has 0 aliphatic heterocycles. The van der Waals surface area contributed by atoms with Crippen LogP contribution in [0.3, 0.4) is 0 Å². The Morgan fingerprint density at radius 2 is 1.95 bits per heavy atom. The number of halogens is 2. The molecule has 0 radical (unpaired) electrons. The quantitative estimate of drug-likeness (QED) is 0.725. The number of rotatable bonds is 5. The van der Waals surface area contributed by atoms with E-state index in [9.17, 15) is 9.59 Å². The van der Waals surface area contributed by atoms with Crippen LogP contribution in [0.4, 0.5) is 0 Å². The number of carbonyl (C=O) groups is 2. The van der Waals surface area contributed by atoms with Crippen LogP contribution < -0.4 is 0 Å². The molecule has 1 aliphatic carbocycles. The fourth-order valence-corrected chi connectivity index (χ4v) is 4.04. The smallest absolute Gasteiger partial charge is 0.316 e. The molecule has 1 unspecified atom stereocenters. The Kier molecular flexibility index (Phi) is 5.18. The first kappa shape index (κ1) is 17.3. The highest BCUT2D eigenvalue weighted by Gasteiger charge is 2.42. The monoisotopic (exact) mass is 342 g/mol. The van der Waals surface area contributed by atoms with Gasteiger partial charge in [-0.15, -0.1) is 0 Å². The Bertz CT molecular complexity index is 625. The van der Waals surface area contributed by atoms with Crippen LogP contribution in [0.15, 0.2) is 6.07 Å². The van der Waals surface area contributed by atoms with Crippen molar-refractivity contribution in [3.8, 4) is 0 Å². The number of carbonyl (C=O) groups excluding carboxylic acids is 2. The second kappa shape index (κ2) is 6.59. The van der Waals surface area contributed by atoms with E-state index in [1.165, 1.54) is 7.11 Å². The number of benzene rings is 1. The summed E-state index contributed by atoms with van der Waals surface area (Å²) in [6.45, 7) is 3.95. The van der Waals surface area contributed by atoms with Gasteiger partial charge in [-0.2, -0.15) is 0 Å². The van der Waals surface area contributed by atoms with Crippen LogP contribution in [-0.4, -0.2) is 18.9 Å². The SMILES string of the molecule is CCCC(CC)(C(=O)OC)c1cc2c(c(Cl)c1Cl)C(=O)CC2. The summed E-state index contributed by atoms with van der Waals surface area (Å²) in [6, 6.07) is 1.88. The highest BCUT2D eigenvalue weighted by Crippen LogP contribution is 2.45. The lowest BCUT2D eigenvalue weighted by molar-refractivity contribution is -0.148. The number of aryl methyl sites for hydroxylation is 1. The van der Waals surface area contributed by atoms with Gasteiger partial charge in [0.1, 0.15) is 0 Å². The van der Waals surface area contributed by atoms with Crippen molar-refractivity contribution in [1.29, 1.82) is 0 Å². The summed E-state index contributed by atoms with van der Waals surface area (Å²) in [7, 11) is 1.38. The van der Waals surface area contributed by atoms with Crippen molar-refractivity contribution < 1.29 is 14.3 Å². The lowest BCUT2D eigenvalue weighted by atomic mass is 9.74. The number of ketones is 1. The van der Waals surface area contributed by atoms with Gasteiger partial charge in [-0.05, 0) is 30.4 Å². The van der Waals surface area contributed by atoms with Gasteiger partial charge in [0.05, 0.1) is 22.6 Å². The van der Waals surface area contributed by atoms with Crippen LogP contribution in [0.2, 0.25) is 10.0 Å². The molecule has 0 spiro atoms. The molecule has 3 nitrogen and oxygen atoms in total. The molecule has 0 fully saturated rings. The zero-order chi connectivity index (χ0) is 16.5. The zero-order valence-electron chi connectivity index (χ0n) is 13.1. The van der Waals surface area contributed by atoms with E-state index in [2.05, 4.69) is 0 Å².